The predicted octanol–water partition coefficient (Wildman–Crippen LogP) is 1.85. The van der Waals surface area contributed by atoms with Gasteiger partial charge in [0.1, 0.15) is 11.8 Å². The van der Waals surface area contributed by atoms with E-state index in [4.69, 9.17) is 10.5 Å². The Kier molecular flexibility index (Phi) is 5.14. The van der Waals surface area contributed by atoms with Crippen molar-refractivity contribution in [1.29, 1.82) is 0 Å². The number of hydrogen-bond acceptors (Lipinski definition) is 3. The molecule has 0 aromatic carbocycles. The summed E-state index contributed by atoms with van der Waals surface area (Å²) in [6, 6.07) is 0. The molecule has 6 heteroatoms. The van der Waals surface area contributed by atoms with Gasteiger partial charge in [-0.05, 0) is 26.7 Å². The van der Waals surface area contributed by atoms with Gasteiger partial charge in [0, 0.05) is 5.92 Å². The van der Waals surface area contributed by atoms with Crippen LogP contribution < -0.4 is 5.73 Å². The molecule has 1 rings (SSSR count). The Balaban J connectivity index is 2.61. The number of carbonyl (C=O) groups excluding carboxylic acids is 2. The summed E-state index contributed by atoms with van der Waals surface area (Å²) in [5.74, 6) is -0.316. The number of nitrogens with two attached hydrogens (primary N) is 1. The van der Waals surface area contributed by atoms with Crippen molar-refractivity contribution in [3.05, 3.63) is 0 Å². The number of rotatable bonds is 6. The van der Waals surface area contributed by atoms with E-state index in [1.807, 2.05) is 6.92 Å². The third kappa shape index (κ3) is 4.69. The van der Waals surface area contributed by atoms with E-state index < -0.39 is 17.9 Å². The standard InChI is InChI=1S/C13H23FN2O3/c1-4-5-9(6-13(2,3)19-12(15)18)11(17)16-7-10(14)8-16/h9-10H,4-8H2,1-3H3,(H2,15,18). The van der Waals surface area contributed by atoms with Crippen LogP contribution in [0.3, 0.4) is 0 Å². The van der Waals surface area contributed by atoms with Crippen molar-refractivity contribution in [2.24, 2.45) is 11.7 Å². The molecule has 1 heterocycles. The van der Waals surface area contributed by atoms with Gasteiger partial charge in [-0.25, -0.2) is 9.18 Å². The van der Waals surface area contributed by atoms with E-state index in [1.54, 1.807) is 13.8 Å². The first-order valence-corrected chi connectivity index (χ1v) is 6.66. The van der Waals surface area contributed by atoms with Crippen LogP contribution in [0.25, 0.3) is 0 Å². The van der Waals surface area contributed by atoms with Gasteiger partial charge in [-0.15, -0.1) is 0 Å². The van der Waals surface area contributed by atoms with E-state index in [0.717, 1.165) is 6.42 Å². The molecule has 110 valence electrons. The van der Waals surface area contributed by atoms with E-state index in [2.05, 4.69) is 0 Å². The molecule has 0 radical (unpaired) electrons. The molecule has 1 fully saturated rings. The molecule has 5 nitrogen and oxygen atoms in total. The molecular formula is C13H23FN2O3. The summed E-state index contributed by atoms with van der Waals surface area (Å²) in [4.78, 5) is 24.6. The van der Waals surface area contributed by atoms with Crippen LogP contribution in [0.4, 0.5) is 9.18 Å². The lowest BCUT2D eigenvalue weighted by atomic mass is 9.88. The van der Waals surface area contributed by atoms with Crippen molar-refractivity contribution >= 4 is 12.0 Å². The monoisotopic (exact) mass is 274 g/mol. The molecule has 0 aromatic rings. The van der Waals surface area contributed by atoms with Crippen LogP contribution in [0.15, 0.2) is 0 Å². The van der Waals surface area contributed by atoms with Crippen molar-refractivity contribution < 1.29 is 18.7 Å². The third-order valence-electron chi connectivity index (χ3n) is 3.25. The van der Waals surface area contributed by atoms with Crippen LogP contribution in [0.2, 0.25) is 0 Å². The number of carbonyl (C=O) groups is 2. The Hall–Kier alpha value is -1.33. The fourth-order valence-corrected chi connectivity index (χ4v) is 2.43. The van der Waals surface area contributed by atoms with Crippen molar-refractivity contribution in [2.75, 3.05) is 13.1 Å². The summed E-state index contributed by atoms with van der Waals surface area (Å²) < 4.78 is 17.8. The first kappa shape index (κ1) is 15.7. The van der Waals surface area contributed by atoms with Crippen molar-refractivity contribution in [3.8, 4) is 0 Å². The van der Waals surface area contributed by atoms with E-state index in [1.165, 1.54) is 4.90 Å². The Morgan fingerprint density at radius 2 is 2.05 bits per heavy atom. The highest BCUT2D eigenvalue weighted by atomic mass is 19.1. The zero-order valence-electron chi connectivity index (χ0n) is 11.8. The van der Waals surface area contributed by atoms with Gasteiger partial charge in [-0.3, -0.25) is 4.79 Å². The first-order valence-electron chi connectivity index (χ1n) is 6.66. The summed E-state index contributed by atoms with van der Waals surface area (Å²) in [6.07, 6.45) is 0.186. The molecule has 0 aliphatic carbocycles. The van der Waals surface area contributed by atoms with Crippen molar-refractivity contribution in [3.63, 3.8) is 0 Å². The number of halogens is 1. The Labute approximate surface area is 113 Å². The van der Waals surface area contributed by atoms with Crippen LogP contribution in [0.1, 0.15) is 40.0 Å². The fourth-order valence-electron chi connectivity index (χ4n) is 2.43. The minimum atomic E-state index is -0.902. The smallest absolute Gasteiger partial charge is 0.405 e. The van der Waals surface area contributed by atoms with Gasteiger partial charge in [0.2, 0.25) is 5.91 Å². The molecule has 1 saturated heterocycles. The number of likely N-dealkylation sites (tertiary alicyclic amines) is 1. The average molecular weight is 274 g/mol. The molecule has 1 aliphatic heterocycles. The Bertz CT molecular complexity index is 341. The van der Waals surface area contributed by atoms with E-state index in [-0.39, 0.29) is 24.9 Å². The number of amides is 2. The molecular weight excluding hydrogens is 251 g/mol. The van der Waals surface area contributed by atoms with Crippen LogP contribution in [0.5, 0.6) is 0 Å². The SMILES string of the molecule is CCCC(CC(C)(C)OC(N)=O)C(=O)N1CC(F)C1. The van der Waals surface area contributed by atoms with Crippen molar-refractivity contribution in [1.82, 2.24) is 4.90 Å². The summed E-state index contributed by atoms with van der Waals surface area (Å²) in [5, 5.41) is 0. The lowest BCUT2D eigenvalue weighted by Gasteiger charge is -2.38. The average Bonchev–Trinajstić information content (AvgIpc) is 2.21. The van der Waals surface area contributed by atoms with Crippen LogP contribution in [-0.4, -0.2) is 41.8 Å². The maximum absolute atomic E-state index is 12.8. The van der Waals surface area contributed by atoms with Gasteiger partial charge in [-0.2, -0.15) is 0 Å². The number of primary amides is 1. The molecule has 2 amide bonds. The highest BCUT2D eigenvalue weighted by Gasteiger charge is 2.37. The zero-order valence-corrected chi connectivity index (χ0v) is 11.8. The van der Waals surface area contributed by atoms with E-state index in [0.29, 0.717) is 12.8 Å². The minimum absolute atomic E-state index is 0.0584. The topological polar surface area (TPSA) is 72.6 Å². The normalized spacial score (nSPS) is 17.8. The number of alkyl halides is 1. The van der Waals surface area contributed by atoms with Gasteiger partial charge in [0.25, 0.3) is 0 Å². The Morgan fingerprint density at radius 1 is 1.47 bits per heavy atom. The van der Waals surface area contributed by atoms with Gasteiger partial charge in [0.05, 0.1) is 13.1 Å². The predicted molar refractivity (Wildman–Crippen MR) is 69.2 cm³/mol. The van der Waals surface area contributed by atoms with E-state index >= 15 is 0 Å². The van der Waals surface area contributed by atoms with Gasteiger partial charge < -0.3 is 15.4 Å². The number of ether oxygens (including phenoxy) is 1. The first-order chi connectivity index (χ1) is 8.75. The summed E-state index contributed by atoms with van der Waals surface area (Å²) in [7, 11) is 0. The fraction of sp³-hybridized carbons (Fsp3) is 0.846. The lowest BCUT2D eigenvalue weighted by molar-refractivity contribution is -0.145. The highest BCUT2D eigenvalue weighted by Crippen LogP contribution is 2.27. The Morgan fingerprint density at radius 3 is 2.47 bits per heavy atom. The molecule has 0 bridgehead atoms. The quantitative estimate of drug-likeness (QED) is 0.803. The molecule has 2 N–H and O–H groups in total. The third-order valence-corrected chi connectivity index (χ3v) is 3.25. The van der Waals surface area contributed by atoms with Crippen molar-refractivity contribution in [2.45, 2.75) is 51.8 Å². The minimum Gasteiger partial charge on any atom is -0.444 e. The molecule has 0 spiro atoms. The second-order valence-corrected chi connectivity index (χ2v) is 5.71. The van der Waals surface area contributed by atoms with Crippen LogP contribution >= 0.6 is 0 Å². The number of nitrogens with zero attached hydrogens (tertiary/aromatic N) is 1. The summed E-state index contributed by atoms with van der Waals surface area (Å²) >= 11 is 0. The second-order valence-electron chi connectivity index (χ2n) is 5.71. The highest BCUT2D eigenvalue weighted by molar-refractivity contribution is 5.80. The maximum Gasteiger partial charge on any atom is 0.405 e. The van der Waals surface area contributed by atoms with Gasteiger partial charge >= 0.3 is 6.09 Å². The molecule has 19 heavy (non-hydrogen) atoms. The van der Waals surface area contributed by atoms with Crippen LogP contribution in [-0.2, 0) is 9.53 Å². The molecule has 0 saturated carbocycles. The molecule has 1 unspecified atom stereocenters. The number of hydrogen-bond donors (Lipinski definition) is 1. The maximum atomic E-state index is 12.8. The largest absolute Gasteiger partial charge is 0.444 e. The second kappa shape index (κ2) is 6.21. The van der Waals surface area contributed by atoms with E-state index in [9.17, 15) is 14.0 Å². The zero-order chi connectivity index (χ0) is 14.6. The summed E-state index contributed by atoms with van der Waals surface area (Å²) in [5.41, 5.74) is 4.22. The molecule has 1 atom stereocenters. The summed E-state index contributed by atoms with van der Waals surface area (Å²) in [6.45, 7) is 5.78. The molecule has 1 aliphatic rings. The van der Waals surface area contributed by atoms with Crippen LogP contribution in [0, 0.1) is 5.92 Å². The lowest BCUT2D eigenvalue weighted by Crippen LogP contribution is -2.54. The van der Waals surface area contributed by atoms with Gasteiger partial charge in [-0.1, -0.05) is 13.3 Å². The molecule has 0 aromatic heterocycles. The van der Waals surface area contributed by atoms with Gasteiger partial charge in [0.15, 0.2) is 0 Å².